The highest BCUT2D eigenvalue weighted by molar-refractivity contribution is 5.48. The van der Waals surface area contributed by atoms with Gasteiger partial charge in [-0.05, 0) is 24.6 Å². The van der Waals surface area contributed by atoms with E-state index >= 15 is 0 Å². The van der Waals surface area contributed by atoms with Gasteiger partial charge in [-0.3, -0.25) is 0 Å². The molecule has 8 heteroatoms. The van der Waals surface area contributed by atoms with Gasteiger partial charge in [0.1, 0.15) is 12.1 Å². The molecule has 26 heavy (non-hydrogen) atoms. The number of aromatic nitrogens is 6. The van der Waals surface area contributed by atoms with E-state index in [1.54, 1.807) is 11.6 Å². The highest BCUT2D eigenvalue weighted by Gasteiger charge is 2.10. The Bertz CT molecular complexity index is 1040. The maximum absolute atomic E-state index is 5.19. The Morgan fingerprint density at radius 1 is 1.19 bits per heavy atom. The molecule has 0 fully saturated rings. The number of rotatable bonds is 6. The zero-order valence-corrected chi connectivity index (χ0v) is 14.6. The number of hydrogen-bond acceptors (Lipinski definition) is 6. The molecule has 0 radical (unpaired) electrons. The summed E-state index contributed by atoms with van der Waals surface area (Å²) >= 11 is 0. The van der Waals surface area contributed by atoms with Gasteiger partial charge in [0.15, 0.2) is 0 Å². The van der Waals surface area contributed by atoms with Crippen LogP contribution in [0.3, 0.4) is 0 Å². The number of anilines is 1. The largest absolute Gasteiger partial charge is 0.378 e. The van der Waals surface area contributed by atoms with Crippen LogP contribution in [-0.4, -0.2) is 36.5 Å². The summed E-state index contributed by atoms with van der Waals surface area (Å²) in [4.78, 5) is 8.59. The highest BCUT2D eigenvalue weighted by Crippen LogP contribution is 2.17. The van der Waals surface area contributed by atoms with Crippen LogP contribution in [0.15, 0.2) is 48.9 Å². The molecule has 0 spiro atoms. The lowest BCUT2D eigenvalue weighted by atomic mass is 10.2. The van der Waals surface area contributed by atoms with Crippen molar-refractivity contribution in [2.24, 2.45) is 0 Å². The summed E-state index contributed by atoms with van der Waals surface area (Å²) in [6.07, 6.45) is 3.46. The van der Waals surface area contributed by atoms with Crippen molar-refractivity contribution in [2.45, 2.75) is 20.1 Å². The molecule has 132 valence electrons. The van der Waals surface area contributed by atoms with Crippen molar-refractivity contribution in [2.75, 3.05) is 12.4 Å². The Hall–Kier alpha value is -3.26. The molecule has 0 saturated heterocycles. The Kier molecular flexibility index (Phi) is 4.32. The topological polar surface area (TPSA) is 82.2 Å². The lowest BCUT2D eigenvalue weighted by Gasteiger charge is -2.13. The molecule has 3 heterocycles. The van der Waals surface area contributed by atoms with Crippen LogP contribution >= 0.6 is 0 Å². The van der Waals surface area contributed by atoms with Crippen LogP contribution in [0, 0.1) is 6.92 Å². The Morgan fingerprint density at radius 3 is 2.88 bits per heavy atom. The zero-order chi connectivity index (χ0) is 17.9. The average molecular weight is 349 g/mol. The van der Waals surface area contributed by atoms with Gasteiger partial charge in [0.2, 0.25) is 0 Å². The summed E-state index contributed by atoms with van der Waals surface area (Å²) in [5, 5.41) is 12.2. The summed E-state index contributed by atoms with van der Waals surface area (Å²) in [6.45, 7) is 3.01. The second kappa shape index (κ2) is 6.93. The Morgan fingerprint density at radius 2 is 2.08 bits per heavy atom. The van der Waals surface area contributed by atoms with E-state index in [0.29, 0.717) is 18.9 Å². The lowest BCUT2D eigenvalue weighted by molar-refractivity contribution is 0.181. The van der Waals surface area contributed by atoms with Gasteiger partial charge in [0.05, 0.1) is 23.7 Å². The number of benzene rings is 1. The first kappa shape index (κ1) is 16.2. The smallest absolute Gasteiger partial charge is 0.254 e. The fourth-order valence-electron chi connectivity index (χ4n) is 2.83. The molecule has 0 aliphatic carbocycles. The van der Waals surface area contributed by atoms with E-state index in [4.69, 9.17) is 4.74 Å². The minimum Gasteiger partial charge on any atom is -0.378 e. The van der Waals surface area contributed by atoms with Gasteiger partial charge < -0.3 is 10.1 Å². The van der Waals surface area contributed by atoms with E-state index in [-0.39, 0.29) is 0 Å². The minimum absolute atomic E-state index is 0.418. The second-order valence-electron chi connectivity index (χ2n) is 5.92. The van der Waals surface area contributed by atoms with Crippen LogP contribution in [0.5, 0.6) is 0 Å². The maximum atomic E-state index is 5.19. The average Bonchev–Trinajstić information content (AvgIpc) is 3.29. The molecule has 0 aliphatic rings. The summed E-state index contributed by atoms with van der Waals surface area (Å²) in [5.74, 6) is 1.35. The van der Waals surface area contributed by atoms with Crippen molar-refractivity contribution in [3.8, 4) is 5.69 Å². The first-order chi connectivity index (χ1) is 12.7. The number of para-hydroxylation sites is 1. The monoisotopic (exact) mass is 349 g/mol. The van der Waals surface area contributed by atoms with Crippen molar-refractivity contribution in [1.29, 1.82) is 0 Å². The summed E-state index contributed by atoms with van der Waals surface area (Å²) in [5.41, 5.74) is 3.94. The summed E-state index contributed by atoms with van der Waals surface area (Å²) in [6, 6.07) is 12.1. The maximum Gasteiger partial charge on any atom is 0.254 e. The van der Waals surface area contributed by atoms with E-state index in [2.05, 4.69) is 37.6 Å². The minimum atomic E-state index is 0.418. The van der Waals surface area contributed by atoms with Crippen molar-refractivity contribution < 1.29 is 4.74 Å². The quantitative estimate of drug-likeness (QED) is 0.575. The number of fused-ring (bicyclic) bond motifs is 1. The number of nitrogens with zero attached hydrogens (tertiary/aromatic N) is 6. The van der Waals surface area contributed by atoms with Crippen LogP contribution < -0.4 is 5.32 Å². The SMILES string of the molecule is COCc1cc(NCc2ccccc2-n2ccc(C)n2)n2ncnc2n1. The van der Waals surface area contributed by atoms with Gasteiger partial charge in [0.25, 0.3) is 5.78 Å². The molecule has 1 aromatic carbocycles. The normalized spacial score (nSPS) is 11.2. The molecular weight excluding hydrogens is 330 g/mol. The predicted octanol–water partition coefficient (Wildman–Crippen LogP) is 2.38. The van der Waals surface area contributed by atoms with Crippen molar-refractivity contribution in [1.82, 2.24) is 29.4 Å². The molecule has 0 atom stereocenters. The Labute approximate surface area is 150 Å². The number of ether oxygens (including phenoxy) is 1. The molecule has 3 aromatic heterocycles. The summed E-state index contributed by atoms with van der Waals surface area (Å²) in [7, 11) is 1.64. The fraction of sp³-hybridized carbons (Fsp3) is 0.222. The third-order valence-electron chi connectivity index (χ3n) is 4.02. The molecule has 0 aliphatic heterocycles. The Balaban J connectivity index is 1.64. The molecule has 4 aromatic rings. The van der Waals surface area contributed by atoms with Gasteiger partial charge in [-0.2, -0.15) is 19.7 Å². The first-order valence-corrected chi connectivity index (χ1v) is 8.27. The van der Waals surface area contributed by atoms with Crippen LogP contribution in [0.2, 0.25) is 0 Å². The van der Waals surface area contributed by atoms with Gasteiger partial charge in [-0.25, -0.2) is 9.67 Å². The van der Waals surface area contributed by atoms with Gasteiger partial charge in [-0.15, -0.1) is 0 Å². The van der Waals surface area contributed by atoms with Gasteiger partial charge in [-0.1, -0.05) is 18.2 Å². The highest BCUT2D eigenvalue weighted by atomic mass is 16.5. The number of nitrogens with one attached hydrogen (secondary N) is 1. The molecule has 0 amide bonds. The third-order valence-corrected chi connectivity index (χ3v) is 4.02. The standard InChI is InChI=1S/C18H19N7O/c1-13-7-8-24(23-13)16-6-4-3-5-14(16)10-19-17-9-15(11-26-2)22-18-20-12-21-25(17)18/h3-9,12,19H,10-11H2,1-2H3. The molecule has 4 rings (SSSR count). The van der Waals surface area contributed by atoms with Crippen LogP contribution in [0.4, 0.5) is 5.82 Å². The number of methoxy groups -OCH3 is 1. The fourth-order valence-corrected chi connectivity index (χ4v) is 2.83. The van der Waals surface area contributed by atoms with Crippen molar-refractivity contribution in [3.05, 3.63) is 65.9 Å². The van der Waals surface area contributed by atoms with E-state index < -0.39 is 0 Å². The van der Waals surface area contributed by atoms with Crippen molar-refractivity contribution in [3.63, 3.8) is 0 Å². The van der Waals surface area contributed by atoms with E-state index in [1.165, 1.54) is 6.33 Å². The first-order valence-electron chi connectivity index (χ1n) is 8.27. The predicted molar refractivity (Wildman–Crippen MR) is 97.1 cm³/mol. The molecule has 8 nitrogen and oxygen atoms in total. The third kappa shape index (κ3) is 3.14. The van der Waals surface area contributed by atoms with Crippen LogP contribution in [0.1, 0.15) is 17.0 Å². The number of aryl methyl sites for hydroxylation is 1. The summed E-state index contributed by atoms with van der Waals surface area (Å²) < 4.78 is 8.76. The van der Waals surface area contributed by atoms with Crippen LogP contribution in [-0.2, 0) is 17.9 Å². The molecule has 1 N–H and O–H groups in total. The van der Waals surface area contributed by atoms with Gasteiger partial charge >= 0.3 is 0 Å². The molecule has 0 bridgehead atoms. The molecular formula is C18H19N7O. The second-order valence-corrected chi connectivity index (χ2v) is 5.92. The number of hydrogen-bond donors (Lipinski definition) is 1. The zero-order valence-electron chi connectivity index (χ0n) is 14.6. The molecule has 0 unspecified atom stereocenters. The van der Waals surface area contributed by atoms with E-state index in [1.807, 2.05) is 42.1 Å². The van der Waals surface area contributed by atoms with E-state index in [9.17, 15) is 0 Å². The van der Waals surface area contributed by atoms with Crippen LogP contribution in [0.25, 0.3) is 11.5 Å². The van der Waals surface area contributed by atoms with E-state index in [0.717, 1.165) is 28.5 Å². The van der Waals surface area contributed by atoms with Crippen molar-refractivity contribution >= 4 is 11.6 Å². The molecule has 0 saturated carbocycles. The lowest BCUT2D eigenvalue weighted by Crippen LogP contribution is -2.10. The van der Waals surface area contributed by atoms with Gasteiger partial charge in [0, 0.05) is 25.9 Å².